The topological polar surface area (TPSA) is 27.0 Å². The summed E-state index contributed by atoms with van der Waals surface area (Å²) >= 11 is 0. The Labute approximate surface area is 161 Å². The zero-order valence-electron chi connectivity index (χ0n) is 15.2. The van der Waals surface area contributed by atoms with Gasteiger partial charge in [0.25, 0.3) is 0 Å². The molecule has 0 fully saturated rings. The predicted molar refractivity (Wildman–Crippen MR) is 113 cm³/mol. The summed E-state index contributed by atoms with van der Waals surface area (Å²) in [6, 6.07) is 30.6. The van der Waals surface area contributed by atoms with Crippen LogP contribution in [0.2, 0.25) is 0 Å². The minimum Gasteiger partial charge on any atom is -0.369 e. The van der Waals surface area contributed by atoms with Crippen LogP contribution >= 0.6 is 0 Å². The second kappa shape index (κ2) is 9.79. The van der Waals surface area contributed by atoms with E-state index in [1.807, 2.05) is 54.6 Å². The molecule has 0 aromatic heterocycles. The van der Waals surface area contributed by atoms with Gasteiger partial charge < -0.3 is 4.90 Å². The average Bonchev–Trinajstić information content (AvgIpc) is 2.73. The van der Waals surface area contributed by atoms with Crippen molar-refractivity contribution >= 4 is 12.2 Å². The van der Waals surface area contributed by atoms with Crippen LogP contribution in [0.25, 0.3) is 12.2 Å². The molecule has 3 aromatic carbocycles. The smallest absolute Gasteiger partial charge is 0.0997 e. The van der Waals surface area contributed by atoms with Crippen LogP contribution < -0.4 is 0 Å². The highest BCUT2D eigenvalue weighted by molar-refractivity contribution is 5.57. The molecule has 0 atom stereocenters. The summed E-state index contributed by atoms with van der Waals surface area (Å²) in [6.45, 7) is 1.60. The zero-order chi connectivity index (χ0) is 18.7. The lowest BCUT2D eigenvalue weighted by Crippen LogP contribution is -2.16. The molecule has 3 rings (SSSR count). The highest BCUT2D eigenvalue weighted by Gasteiger charge is 2.01. The Morgan fingerprint density at radius 2 is 1.44 bits per heavy atom. The van der Waals surface area contributed by atoms with Gasteiger partial charge in [-0.3, -0.25) is 0 Å². The highest BCUT2D eigenvalue weighted by atomic mass is 15.1. The van der Waals surface area contributed by atoms with Crippen LogP contribution in [-0.4, -0.2) is 11.4 Å². The van der Waals surface area contributed by atoms with Crippen LogP contribution in [0.3, 0.4) is 0 Å². The molecule has 2 nitrogen and oxygen atoms in total. The van der Waals surface area contributed by atoms with Crippen molar-refractivity contribution in [1.82, 2.24) is 4.90 Å². The molecule has 0 unspecified atom stereocenters. The van der Waals surface area contributed by atoms with Crippen molar-refractivity contribution in [1.29, 1.82) is 5.26 Å². The quantitative estimate of drug-likeness (QED) is 0.543. The van der Waals surface area contributed by atoms with Crippen LogP contribution in [0.4, 0.5) is 0 Å². The Morgan fingerprint density at radius 1 is 0.778 bits per heavy atom. The molecule has 0 aliphatic carbocycles. The molecule has 0 N–H and O–H groups in total. The van der Waals surface area contributed by atoms with Gasteiger partial charge in [0.15, 0.2) is 0 Å². The summed E-state index contributed by atoms with van der Waals surface area (Å²) in [4.78, 5) is 2.24. The molecule has 3 aromatic rings. The third-order valence-corrected chi connectivity index (χ3v) is 4.22. The number of hydrogen-bond acceptors (Lipinski definition) is 2. The molecular weight excluding hydrogens is 328 g/mol. The van der Waals surface area contributed by atoms with E-state index in [-0.39, 0.29) is 0 Å². The van der Waals surface area contributed by atoms with Gasteiger partial charge in [-0.2, -0.15) is 5.26 Å². The minimum atomic E-state index is 0.688. The molecule has 27 heavy (non-hydrogen) atoms. The van der Waals surface area contributed by atoms with Gasteiger partial charge in [-0.25, -0.2) is 0 Å². The lowest BCUT2D eigenvalue weighted by Gasteiger charge is -2.19. The van der Waals surface area contributed by atoms with E-state index in [0.717, 1.165) is 18.7 Å². The Bertz CT molecular complexity index is 935. The van der Waals surface area contributed by atoms with E-state index in [1.165, 1.54) is 11.1 Å². The molecule has 0 saturated carbocycles. The molecule has 0 amide bonds. The van der Waals surface area contributed by atoms with Crippen molar-refractivity contribution in [2.24, 2.45) is 0 Å². The Hall–Kier alpha value is -3.57. The van der Waals surface area contributed by atoms with Crippen LogP contribution in [-0.2, 0) is 6.54 Å². The second-order valence-electron chi connectivity index (χ2n) is 6.24. The predicted octanol–water partition coefficient (Wildman–Crippen LogP) is 5.74. The number of hydrogen-bond donors (Lipinski definition) is 0. The van der Waals surface area contributed by atoms with Crippen molar-refractivity contribution < 1.29 is 0 Å². The fourth-order valence-corrected chi connectivity index (χ4v) is 2.81. The van der Waals surface area contributed by atoms with E-state index in [4.69, 9.17) is 0 Å². The van der Waals surface area contributed by atoms with Crippen molar-refractivity contribution in [3.8, 4) is 6.07 Å². The fourth-order valence-electron chi connectivity index (χ4n) is 2.81. The number of nitrogens with zero attached hydrogens (tertiary/aromatic N) is 2. The van der Waals surface area contributed by atoms with Crippen molar-refractivity contribution in [2.45, 2.75) is 6.54 Å². The van der Waals surface area contributed by atoms with E-state index in [2.05, 4.69) is 65.7 Å². The third-order valence-electron chi connectivity index (χ3n) is 4.22. The Morgan fingerprint density at radius 3 is 2.19 bits per heavy atom. The first-order valence-corrected chi connectivity index (χ1v) is 9.02. The number of nitriles is 1. The largest absolute Gasteiger partial charge is 0.369 e. The lowest BCUT2D eigenvalue weighted by atomic mass is 10.1. The van der Waals surface area contributed by atoms with E-state index in [0.29, 0.717) is 5.56 Å². The van der Waals surface area contributed by atoms with Gasteiger partial charge in [-0.15, -0.1) is 0 Å². The fraction of sp³-hybridized carbons (Fsp3) is 0.0800. The molecule has 132 valence electrons. The number of benzene rings is 3. The van der Waals surface area contributed by atoms with Gasteiger partial charge in [0.1, 0.15) is 0 Å². The summed E-state index contributed by atoms with van der Waals surface area (Å²) in [5.41, 5.74) is 4.07. The van der Waals surface area contributed by atoms with Gasteiger partial charge >= 0.3 is 0 Å². The monoisotopic (exact) mass is 350 g/mol. The maximum atomic E-state index is 9.28. The highest BCUT2D eigenvalue weighted by Crippen LogP contribution is 2.12. The van der Waals surface area contributed by atoms with E-state index in [9.17, 15) is 5.26 Å². The van der Waals surface area contributed by atoms with E-state index < -0.39 is 0 Å². The first-order valence-electron chi connectivity index (χ1n) is 9.02. The van der Waals surface area contributed by atoms with Gasteiger partial charge in [0.05, 0.1) is 11.6 Å². The Balaban J connectivity index is 1.76. The van der Waals surface area contributed by atoms with Crippen LogP contribution in [0.15, 0.2) is 97.2 Å². The molecule has 0 aliphatic rings. The van der Waals surface area contributed by atoms with Crippen LogP contribution in [0.1, 0.15) is 22.3 Å². The van der Waals surface area contributed by atoms with E-state index >= 15 is 0 Å². The Kier molecular flexibility index (Phi) is 6.61. The summed E-state index contributed by atoms with van der Waals surface area (Å²) in [5, 5.41) is 9.28. The van der Waals surface area contributed by atoms with Gasteiger partial charge in [0.2, 0.25) is 0 Å². The first kappa shape index (κ1) is 18.2. The first-order chi connectivity index (χ1) is 13.3. The van der Waals surface area contributed by atoms with Gasteiger partial charge in [-0.05, 0) is 28.8 Å². The summed E-state index contributed by atoms with van der Waals surface area (Å²) < 4.78 is 0. The van der Waals surface area contributed by atoms with E-state index in [1.54, 1.807) is 0 Å². The molecule has 2 heteroatoms. The molecule has 0 heterocycles. The van der Waals surface area contributed by atoms with Crippen LogP contribution in [0.5, 0.6) is 0 Å². The van der Waals surface area contributed by atoms with Gasteiger partial charge in [-0.1, -0.05) is 91.0 Å². The maximum absolute atomic E-state index is 9.28. The molecule has 0 aliphatic heterocycles. The average molecular weight is 350 g/mol. The van der Waals surface area contributed by atoms with Gasteiger partial charge in [0, 0.05) is 19.3 Å². The molecule has 0 spiro atoms. The summed E-state index contributed by atoms with van der Waals surface area (Å²) in [5.74, 6) is 0. The molecule has 0 saturated heterocycles. The molecular formula is C25H22N2. The summed E-state index contributed by atoms with van der Waals surface area (Å²) in [7, 11) is 0. The van der Waals surface area contributed by atoms with Crippen molar-refractivity contribution in [3.05, 3.63) is 119 Å². The minimum absolute atomic E-state index is 0.688. The molecule has 0 bridgehead atoms. The van der Waals surface area contributed by atoms with Crippen LogP contribution in [0, 0.1) is 11.3 Å². The van der Waals surface area contributed by atoms with Crippen molar-refractivity contribution in [3.63, 3.8) is 0 Å². The second-order valence-corrected chi connectivity index (χ2v) is 6.24. The third kappa shape index (κ3) is 5.73. The normalized spacial score (nSPS) is 10.9. The standard InChI is InChI=1S/C25H22N2/c26-20-25-16-8-7-15-24(25)17-19-27(21-23-12-5-2-6-13-23)18-9-14-22-10-3-1-4-11-22/h1-17,19H,18,21H2/b14-9+,19-17+. The number of rotatable bonds is 7. The molecule has 0 radical (unpaired) electrons. The maximum Gasteiger partial charge on any atom is 0.0997 e. The van der Waals surface area contributed by atoms with Crippen molar-refractivity contribution in [2.75, 3.05) is 6.54 Å². The lowest BCUT2D eigenvalue weighted by molar-refractivity contribution is 0.412. The zero-order valence-corrected chi connectivity index (χ0v) is 15.2. The summed E-state index contributed by atoms with van der Waals surface area (Å²) in [6.07, 6.45) is 8.38. The SMILES string of the molecule is N#Cc1ccccc1/C=C/N(C/C=C/c1ccccc1)Cc1ccccc1.